The number of esters is 1. The quantitative estimate of drug-likeness (QED) is 0.240. The summed E-state index contributed by atoms with van der Waals surface area (Å²) in [6.45, 7) is 16.3. The third-order valence-electron chi connectivity index (χ3n) is 12.1. The summed E-state index contributed by atoms with van der Waals surface area (Å²) in [6.07, 6.45) is 5.19. The predicted octanol–water partition coefficient (Wildman–Crippen LogP) is 4.01. The lowest BCUT2D eigenvalue weighted by Gasteiger charge is -2.61. The minimum Gasteiger partial charge on any atom is -0.461 e. The van der Waals surface area contributed by atoms with Crippen LogP contribution in [0.25, 0.3) is 0 Å². The van der Waals surface area contributed by atoms with Gasteiger partial charge in [-0.15, -0.1) is 18.3 Å². The van der Waals surface area contributed by atoms with E-state index in [1.54, 1.807) is 6.08 Å². The average Bonchev–Trinajstić information content (AvgIpc) is 3.31. The van der Waals surface area contributed by atoms with Crippen LogP contribution in [0, 0.1) is 39.9 Å². The van der Waals surface area contributed by atoms with Crippen LogP contribution in [0.2, 0.25) is 0 Å². The maximum absolute atomic E-state index is 13.6. The van der Waals surface area contributed by atoms with Crippen molar-refractivity contribution in [2.45, 2.75) is 129 Å². The Bertz CT molecular complexity index is 1050. The lowest BCUT2D eigenvalue weighted by atomic mass is 9.44. The van der Waals surface area contributed by atoms with E-state index in [1.165, 1.54) is 11.8 Å². The SMILES string of the molecule is C=C[C@]1(C)C[C@@H](OC(=O)CS[C@H]2C[C@H](NC(=O)[C@H](N)C(C)C)CC[C@H]2O)[C@]2(C)C(C)CCC3(CCC(=O)[C@H]32)[C@@H](C)[C@@H]1O. The van der Waals surface area contributed by atoms with Gasteiger partial charge in [-0.1, -0.05) is 47.6 Å². The molecule has 0 spiro atoms. The number of rotatable bonds is 8. The van der Waals surface area contributed by atoms with Crippen molar-refractivity contribution in [3.05, 3.63) is 12.7 Å². The van der Waals surface area contributed by atoms with Gasteiger partial charge in [0.25, 0.3) is 0 Å². The van der Waals surface area contributed by atoms with Crippen molar-refractivity contribution >= 4 is 29.4 Å². The van der Waals surface area contributed by atoms with Crippen LogP contribution in [-0.4, -0.2) is 69.3 Å². The molecule has 8 nitrogen and oxygen atoms in total. The molecule has 1 amide bonds. The van der Waals surface area contributed by atoms with Gasteiger partial charge in [-0.05, 0) is 68.1 Å². The zero-order valence-electron chi connectivity index (χ0n) is 26.4. The van der Waals surface area contributed by atoms with E-state index in [0.29, 0.717) is 32.1 Å². The Morgan fingerprint density at radius 2 is 1.88 bits per heavy atom. The topological polar surface area (TPSA) is 139 Å². The number of hydrogen-bond acceptors (Lipinski definition) is 8. The van der Waals surface area contributed by atoms with E-state index in [1.807, 2.05) is 20.8 Å². The molecule has 0 aliphatic heterocycles. The van der Waals surface area contributed by atoms with Crippen molar-refractivity contribution in [1.29, 1.82) is 0 Å². The first-order valence-electron chi connectivity index (χ1n) is 16.0. The van der Waals surface area contributed by atoms with Crippen LogP contribution in [0.3, 0.4) is 0 Å². The number of nitrogens with two attached hydrogens (primary N) is 1. The van der Waals surface area contributed by atoms with Crippen molar-refractivity contribution in [3.8, 4) is 0 Å². The van der Waals surface area contributed by atoms with E-state index in [4.69, 9.17) is 10.5 Å². The highest BCUT2D eigenvalue weighted by atomic mass is 32.2. The maximum Gasteiger partial charge on any atom is 0.316 e. The average molecular weight is 607 g/mol. The Labute approximate surface area is 256 Å². The summed E-state index contributed by atoms with van der Waals surface area (Å²) in [5, 5.41) is 25.2. The van der Waals surface area contributed by atoms with Crippen molar-refractivity contribution in [2.75, 3.05) is 5.75 Å². The smallest absolute Gasteiger partial charge is 0.316 e. The van der Waals surface area contributed by atoms with Gasteiger partial charge < -0.3 is 26.0 Å². The van der Waals surface area contributed by atoms with Crippen LogP contribution in [0.5, 0.6) is 0 Å². The van der Waals surface area contributed by atoms with E-state index >= 15 is 0 Å². The zero-order chi connectivity index (χ0) is 31.2. The molecule has 0 radical (unpaired) electrons. The lowest BCUT2D eigenvalue weighted by molar-refractivity contribution is -0.205. The molecule has 4 fully saturated rings. The number of aliphatic hydroxyl groups excluding tert-OH is 2. The van der Waals surface area contributed by atoms with E-state index in [2.05, 4.69) is 32.7 Å². The fourth-order valence-corrected chi connectivity index (χ4v) is 10.0. The summed E-state index contributed by atoms with van der Waals surface area (Å²) in [4.78, 5) is 39.6. The molecule has 0 heterocycles. The number of nitrogens with one attached hydrogen (secondary N) is 1. The molecular weight excluding hydrogens is 552 g/mol. The van der Waals surface area contributed by atoms with Crippen LogP contribution < -0.4 is 11.1 Å². The largest absolute Gasteiger partial charge is 0.461 e. The molecule has 238 valence electrons. The number of hydrogen-bond donors (Lipinski definition) is 4. The standard InChI is InChI=1S/C33H54N2O6S/c1-8-31(6)16-25(32(7)19(4)11-13-33(20(5)29(31)39)14-12-23(37)28(32)33)41-26(38)17-42-24-15-21(9-10-22(24)36)35-30(40)27(34)18(2)3/h8,18-22,24-25,27-29,36,39H,1,9-17,34H2,2-7H3,(H,35,40)/t19?,20-,21+,22+,24-,25+,27+,28-,29-,31+,32-,33?/m0/s1. The third-order valence-corrected chi connectivity index (χ3v) is 13.5. The lowest BCUT2D eigenvalue weighted by Crippen LogP contribution is -2.63. The van der Waals surface area contributed by atoms with Crippen LogP contribution in [0.4, 0.5) is 0 Å². The summed E-state index contributed by atoms with van der Waals surface area (Å²) < 4.78 is 6.36. The number of amides is 1. The molecule has 4 saturated carbocycles. The van der Waals surface area contributed by atoms with Gasteiger partial charge in [-0.2, -0.15) is 0 Å². The Morgan fingerprint density at radius 3 is 2.52 bits per heavy atom. The summed E-state index contributed by atoms with van der Waals surface area (Å²) in [5.74, 6) is -0.423. The minimum atomic E-state index is -0.703. The molecule has 0 aromatic heterocycles. The molecule has 0 saturated heterocycles. The zero-order valence-corrected chi connectivity index (χ0v) is 27.3. The molecule has 4 rings (SSSR count). The highest BCUT2D eigenvalue weighted by molar-refractivity contribution is 8.00. The van der Waals surface area contributed by atoms with Gasteiger partial charge in [0.1, 0.15) is 11.9 Å². The molecule has 0 aromatic rings. The maximum atomic E-state index is 13.6. The van der Waals surface area contributed by atoms with Crippen molar-refractivity contribution in [2.24, 2.45) is 45.7 Å². The van der Waals surface area contributed by atoms with Gasteiger partial charge in [0, 0.05) is 34.5 Å². The Kier molecular flexibility index (Phi) is 9.98. The fraction of sp³-hybridized carbons (Fsp3) is 0.848. The molecule has 9 heteroatoms. The predicted molar refractivity (Wildman–Crippen MR) is 165 cm³/mol. The summed E-state index contributed by atoms with van der Waals surface area (Å²) >= 11 is 1.36. The second-order valence-corrected chi connectivity index (χ2v) is 16.0. The van der Waals surface area contributed by atoms with E-state index in [9.17, 15) is 24.6 Å². The monoisotopic (exact) mass is 606 g/mol. The second kappa shape index (κ2) is 12.5. The van der Waals surface area contributed by atoms with E-state index in [-0.39, 0.29) is 63.8 Å². The van der Waals surface area contributed by atoms with Crippen LogP contribution in [0.15, 0.2) is 12.7 Å². The number of Topliss-reactive ketones (excluding diaryl/α,β-unsaturated/α-hetero) is 1. The first-order valence-corrected chi connectivity index (χ1v) is 17.0. The normalized spacial score (nSPS) is 44.5. The number of carbonyl (C=O) groups is 3. The molecule has 12 atom stereocenters. The molecular formula is C33H54N2O6S. The molecule has 2 bridgehead atoms. The van der Waals surface area contributed by atoms with Gasteiger partial charge in [-0.25, -0.2) is 0 Å². The van der Waals surface area contributed by atoms with Gasteiger partial charge in [0.05, 0.1) is 24.0 Å². The molecule has 0 aromatic carbocycles. The van der Waals surface area contributed by atoms with Crippen molar-refractivity contribution in [1.82, 2.24) is 5.32 Å². The van der Waals surface area contributed by atoms with Gasteiger partial charge in [0.2, 0.25) is 5.91 Å². The van der Waals surface area contributed by atoms with Crippen molar-refractivity contribution in [3.63, 3.8) is 0 Å². The molecule has 4 aliphatic rings. The number of aliphatic hydroxyl groups is 2. The summed E-state index contributed by atoms with van der Waals surface area (Å²) in [6, 6.07) is -0.691. The molecule has 5 N–H and O–H groups in total. The molecule has 42 heavy (non-hydrogen) atoms. The summed E-state index contributed by atoms with van der Waals surface area (Å²) in [5.41, 5.74) is 4.47. The Balaban J connectivity index is 1.51. The highest BCUT2D eigenvalue weighted by Gasteiger charge is 2.68. The van der Waals surface area contributed by atoms with Crippen LogP contribution in [0.1, 0.15) is 92.9 Å². The number of thioether (sulfide) groups is 1. The van der Waals surface area contributed by atoms with E-state index in [0.717, 1.165) is 19.3 Å². The fourth-order valence-electron chi connectivity index (χ4n) is 8.89. The Hall–Kier alpha value is -1.42. The minimum absolute atomic E-state index is 0.0260. The van der Waals surface area contributed by atoms with E-state index < -0.39 is 35.2 Å². The number of carbonyl (C=O) groups excluding carboxylic acids is 3. The van der Waals surface area contributed by atoms with Gasteiger partial charge in [0.15, 0.2) is 0 Å². The van der Waals surface area contributed by atoms with Crippen LogP contribution >= 0.6 is 11.8 Å². The van der Waals surface area contributed by atoms with Crippen LogP contribution in [-0.2, 0) is 19.1 Å². The molecule has 2 unspecified atom stereocenters. The van der Waals surface area contributed by atoms with Gasteiger partial charge >= 0.3 is 5.97 Å². The van der Waals surface area contributed by atoms with Crippen molar-refractivity contribution < 1.29 is 29.3 Å². The highest BCUT2D eigenvalue weighted by Crippen LogP contribution is 2.68. The first-order chi connectivity index (χ1) is 19.6. The summed E-state index contributed by atoms with van der Waals surface area (Å²) in [7, 11) is 0. The number of ketones is 1. The Morgan fingerprint density at radius 1 is 1.19 bits per heavy atom. The second-order valence-electron chi connectivity index (χ2n) is 14.8. The van der Waals surface area contributed by atoms with Gasteiger partial charge in [-0.3, -0.25) is 14.4 Å². The molecule has 4 aliphatic carbocycles. The first kappa shape index (κ1) is 33.5. The third kappa shape index (κ3) is 5.84. The number of ether oxygens (including phenoxy) is 1.